The number of benzene rings is 1. The van der Waals surface area contributed by atoms with Crippen LogP contribution in [0.3, 0.4) is 0 Å². The third-order valence-electron chi connectivity index (χ3n) is 4.54. The van der Waals surface area contributed by atoms with Gasteiger partial charge in [0.2, 0.25) is 15.9 Å². The van der Waals surface area contributed by atoms with E-state index in [0.717, 1.165) is 24.7 Å². The van der Waals surface area contributed by atoms with E-state index in [4.69, 9.17) is 0 Å². The first-order valence-corrected chi connectivity index (χ1v) is 10.9. The monoisotopic (exact) mass is 456 g/mol. The number of carbonyl (C=O) groups excluding carboxylic acids is 1. The first-order valence-electron chi connectivity index (χ1n) is 8.34. The molecule has 1 aromatic carbocycles. The molecule has 1 unspecified atom stereocenters. The summed E-state index contributed by atoms with van der Waals surface area (Å²) in [5.74, 6) is 1.43. The number of nitrogens with zero attached hydrogens (tertiary/aromatic N) is 2. The third kappa shape index (κ3) is 5.96. The lowest BCUT2D eigenvalue weighted by Crippen LogP contribution is -2.47. The van der Waals surface area contributed by atoms with E-state index in [9.17, 15) is 13.2 Å². The molecule has 2 fully saturated rings. The van der Waals surface area contributed by atoms with Crippen molar-refractivity contribution in [2.45, 2.75) is 17.5 Å². The number of rotatable bonds is 5. The van der Waals surface area contributed by atoms with Crippen molar-refractivity contribution in [1.29, 1.82) is 0 Å². The number of likely N-dealkylation sites (N-methyl/N-ethyl adjacent to an activating group) is 1. The van der Waals surface area contributed by atoms with Crippen molar-refractivity contribution in [2.24, 2.45) is 0 Å². The number of carbonyl (C=O) groups is 1. The minimum absolute atomic E-state index is 0. The SMILES string of the molecule is CN1CCN(S(=O)(=O)c2ccccc2CNC(=O)C2CSCN2)CC1.Cl.Cl. The van der Waals surface area contributed by atoms with Crippen molar-refractivity contribution in [3.63, 3.8) is 0 Å². The van der Waals surface area contributed by atoms with E-state index in [1.165, 1.54) is 4.31 Å². The summed E-state index contributed by atoms with van der Waals surface area (Å²) in [7, 11) is -1.56. The number of halogens is 2. The first kappa shape index (κ1) is 24.5. The predicted octanol–water partition coefficient (Wildman–Crippen LogP) is 0.745. The maximum atomic E-state index is 13.0. The van der Waals surface area contributed by atoms with Crippen LogP contribution in [0.1, 0.15) is 5.56 Å². The molecule has 0 aromatic heterocycles. The molecule has 0 radical (unpaired) electrons. The van der Waals surface area contributed by atoms with Crippen molar-refractivity contribution in [3.05, 3.63) is 29.8 Å². The van der Waals surface area contributed by atoms with E-state index in [-0.39, 0.29) is 48.2 Å². The molecule has 2 N–H and O–H groups in total. The summed E-state index contributed by atoms with van der Waals surface area (Å²) in [6, 6.07) is 6.71. The zero-order valence-corrected chi connectivity index (χ0v) is 18.4. The summed E-state index contributed by atoms with van der Waals surface area (Å²) in [6.07, 6.45) is 0. The number of piperazine rings is 1. The number of thioether (sulfide) groups is 1. The molecule has 0 bridgehead atoms. The van der Waals surface area contributed by atoms with Gasteiger partial charge in [-0.25, -0.2) is 8.42 Å². The molecule has 0 saturated carbocycles. The van der Waals surface area contributed by atoms with Crippen LogP contribution in [-0.4, -0.2) is 74.4 Å². The van der Waals surface area contributed by atoms with Crippen LogP contribution in [0.2, 0.25) is 0 Å². The Balaban J connectivity index is 0.00000182. The van der Waals surface area contributed by atoms with Crippen molar-refractivity contribution in [3.8, 4) is 0 Å². The molecule has 2 heterocycles. The van der Waals surface area contributed by atoms with Crippen molar-refractivity contribution >= 4 is 52.5 Å². The second kappa shape index (κ2) is 10.8. The van der Waals surface area contributed by atoms with Crippen LogP contribution >= 0.6 is 36.6 Å². The average molecular weight is 457 g/mol. The Labute approximate surface area is 177 Å². The van der Waals surface area contributed by atoms with Crippen molar-refractivity contribution in [1.82, 2.24) is 19.8 Å². The first-order chi connectivity index (χ1) is 12.0. The number of hydrogen-bond acceptors (Lipinski definition) is 6. The molecular weight excluding hydrogens is 431 g/mol. The zero-order chi connectivity index (χ0) is 17.9. The van der Waals surface area contributed by atoms with E-state index in [1.807, 2.05) is 7.05 Å². The summed E-state index contributed by atoms with van der Waals surface area (Å²) >= 11 is 1.68. The molecule has 1 amide bonds. The molecule has 1 aromatic rings. The van der Waals surface area contributed by atoms with Gasteiger partial charge in [0.15, 0.2) is 0 Å². The van der Waals surface area contributed by atoms with E-state index in [1.54, 1.807) is 36.0 Å². The van der Waals surface area contributed by atoms with Gasteiger partial charge in [-0.05, 0) is 18.7 Å². The van der Waals surface area contributed by atoms with E-state index < -0.39 is 10.0 Å². The summed E-state index contributed by atoms with van der Waals surface area (Å²) in [6.45, 7) is 2.64. The van der Waals surface area contributed by atoms with Gasteiger partial charge in [-0.15, -0.1) is 36.6 Å². The number of nitrogens with one attached hydrogen (secondary N) is 2. The van der Waals surface area contributed by atoms with Gasteiger partial charge in [0, 0.05) is 44.4 Å². The lowest BCUT2D eigenvalue weighted by atomic mass is 10.2. The Kier molecular flexibility index (Phi) is 9.84. The Morgan fingerprint density at radius 3 is 2.52 bits per heavy atom. The van der Waals surface area contributed by atoms with Crippen LogP contribution in [0.25, 0.3) is 0 Å². The van der Waals surface area contributed by atoms with E-state index in [0.29, 0.717) is 18.7 Å². The standard InChI is InChI=1S/C16H24N4O3S2.2ClH/c1-19-6-8-20(9-7-19)25(22,23)15-5-3-2-4-13(15)10-17-16(21)14-11-24-12-18-14;;/h2-5,14,18H,6-12H2,1H3,(H,17,21);2*1H. The molecule has 2 saturated heterocycles. The molecule has 154 valence electrons. The Bertz CT molecular complexity index is 722. The topological polar surface area (TPSA) is 81.8 Å². The fraction of sp³-hybridized carbons (Fsp3) is 0.562. The minimum Gasteiger partial charge on any atom is -0.351 e. The molecular formula is C16H26Cl2N4O3S2. The van der Waals surface area contributed by atoms with E-state index >= 15 is 0 Å². The lowest BCUT2D eigenvalue weighted by Gasteiger charge is -2.32. The normalized spacial score (nSPS) is 21.1. The minimum atomic E-state index is -3.55. The predicted molar refractivity (Wildman–Crippen MR) is 113 cm³/mol. The quantitative estimate of drug-likeness (QED) is 0.679. The lowest BCUT2D eigenvalue weighted by molar-refractivity contribution is -0.122. The van der Waals surface area contributed by atoms with Crippen LogP contribution in [0.5, 0.6) is 0 Å². The molecule has 27 heavy (non-hydrogen) atoms. The highest BCUT2D eigenvalue weighted by Crippen LogP contribution is 2.21. The maximum Gasteiger partial charge on any atom is 0.243 e. The smallest absolute Gasteiger partial charge is 0.243 e. The molecule has 0 aliphatic carbocycles. The molecule has 2 aliphatic rings. The highest BCUT2D eigenvalue weighted by molar-refractivity contribution is 7.99. The number of amides is 1. The molecule has 11 heteroatoms. The van der Waals surface area contributed by atoms with Gasteiger partial charge in [0.25, 0.3) is 0 Å². The fourth-order valence-electron chi connectivity index (χ4n) is 2.94. The summed E-state index contributed by atoms with van der Waals surface area (Å²) in [5, 5.41) is 5.97. The van der Waals surface area contributed by atoms with Crippen LogP contribution < -0.4 is 10.6 Å². The molecule has 1 atom stereocenters. The number of sulfonamides is 1. The molecule has 2 aliphatic heterocycles. The molecule has 0 spiro atoms. The maximum absolute atomic E-state index is 13.0. The van der Waals surface area contributed by atoms with Crippen LogP contribution in [0.15, 0.2) is 29.2 Å². The Hall–Kier alpha value is -0.550. The van der Waals surface area contributed by atoms with E-state index in [2.05, 4.69) is 15.5 Å². The second-order valence-corrected chi connectivity index (χ2v) is 9.24. The molecule has 3 rings (SSSR count). The Morgan fingerprint density at radius 2 is 1.89 bits per heavy atom. The van der Waals surface area contributed by atoms with Gasteiger partial charge in [-0.2, -0.15) is 4.31 Å². The average Bonchev–Trinajstić information content (AvgIpc) is 3.15. The van der Waals surface area contributed by atoms with Gasteiger partial charge in [-0.3, -0.25) is 10.1 Å². The van der Waals surface area contributed by atoms with Gasteiger partial charge >= 0.3 is 0 Å². The van der Waals surface area contributed by atoms with Crippen LogP contribution in [0, 0.1) is 0 Å². The second-order valence-electron chi connectivity index (χ2n) is 6.30. The highest BCUT2D eigenvalue weighted by atomic mass is 35.5. The summed E-state index contributed by atoms with van der Waals surface area (Å²) in [5.41, 5.74) is 0.625. The zero-order valence-electron chi connectivity index (χ0n) is 15.1. The van der Waals surface area contributed by atoms with Gasteiger partial charge < -0.3 is 10.2 Å². The van der Waals surface area contributed by atoms with Gasteiger partial charge in [0.05, 0.1) is 10.9 Å². The van der Waals surface area contributed by atoms with Crippen LogP contribution in [-0.2, 0) is 21.4 Å². The van der Waals surface area contributed by atoms with Crippen molar-refractivity contribution in [2.75, 3.05) is 44.9 Å². The third-order valence-corrected chi connectivity index (χ3v) is 7.48. The fourth-order valence-corrected chi connectivity index (χ4v) is 5.52. The van der Waals surface area contributed by atoms with Crippen molar-refractivity contribution < 1.29 is 13.2 Å². The Morgan fingerprint density at radius 1 is 1.22 bits per heavy atom. The summed E-state index contributed by atoms with van der Waals surface area (Å²) < 4.78 is 27.5. The number of hydrogen-bond donors (Lipinski definition) is 2. The largest absolute Gasteiger partial charge is 0.351 e. The van der Waals surface area contributed by atoms with Gasteiger partial charge in [0.1, 0.15) is 0 Å². The van der Waals surface area contributed by atoms with Gasteiger partial charge in [-0.1, -0.05) is 18.2 Å². The molecule has 7 nitrogen and oxygen atoms in total. The highest BCUT2D eigenvalue weighted by Gasteiger charge is 2.29. The van der Waals surface area contributed by atoms with Crippen LogP contribution in [0.4, 0.5) is 0 Å². The summed E-state index contributed by atoms with van der Waals surface area (Å²) in [4.78, 5) is 14.6.